The van der Waals surface area contributed by atoms with Crippen LogP contribution in [0.15, 0.2) is 52.9 Å². The summed E-state index contributed by atoms with van der Waals surface area (Å²) in [6.07, 6.45) is 5.13. The molecule has 0 spiro atoms. The van der Waals surface area contributed by atoms with Crippen molar-refractivity contribution in [3.63, 3.8) is 0 Å². The number of fused-ring (bicyclic) bond motifs is 6. The van der Waals surface area contributed by atoms with E-state index in [0.717, 1.165) is 37.8 Å². The van der Waals surface area contributed by atoms with Gasteiger partial charge in [0.25, 0.3) is 0 Å². The molecule has 34 heavy (non-hydrogen) atoms. The number of carbonyl (C=O) groups is 3. The van der Waals surface area contributed by atoms with Crippen LogP contribution in [0.2, 0.25) is 0 Å². The predicted octanol–water partition coefficient (Wildman–Crippen LogP) is 4.96. The number of allylic oxidation sites excluding steroid dienone is 2. The quantitative estimate of drug-likeness (QED) is 0.311. The number of nitrogens with one attached hydrogen (secondary N) is 1. The van der Waals surface area contributed by atoms with Gasteiger partial charge in [0.05, 0.1) is 33.5 Å². The van der Waals surface area contributed by atoms with Crippen molar-refractivity contribution in [1.29, 1.82) is 0 Å². The Labute approximate surface area is 205 Å². The van der Waals surface area contributed by atoms with Gasteiger partial charge in [0.15, 0.2) is 4.34 Å². The lowest BCUT2D eigenvalue weighted by Crippen LogP contribution is -2.32. The SMILES string of the molecule is Cc1cccc(NC(=O)CSc2nc3ccc(N4C(=O)[C@@H]5[C@H](C4=O)[C@@H]4C=C[C@H]5C4)cc3s2)c1C. The number of hydrogen-bond acceptors (Lipinski definition) is 6. The van der Waals surface area contributed by atoms with Crippen LogP contribution in [0.4, 0.5) is 11.4 Å². The van der Waals surface area contributed by atoms with Crippen molar-refractivity contribution in [2.24, 2.45) is 23.7 Å². The van der Waals surface area contributed by atoms with Gasteiger partial charge in [-0.15, -0.1) is 11.3 Å². The highest BCUT2D eigenvalue weighted by atomic mass is 32.2. The second-order valence-corrected chi connectivity index (χ2v) is 11.5. The van der Waals surface area contributed by atoms with E-state index in [0.29, 0.717) is 5.69 Å². The second-order valence-electron chi connectivity index (χ2n) is 9.23. The van der Waals surface area contributed by atoms with Crippen LogP contribution in [0.3, 0.4) is 0 Å². The Morgan fingerprint density at radius 3 is 2.59 bits per heavy atom. The molecule has 8 heteroatoms. The third kappa shape index (κ3) is 3.39. The molecule has 2 aliphatic carbocycles. The summed E-state index contributed by atoms with van der Waals surface area (Å²) in [6.45, 7) is 4.01. The molecule has 1 aliphatic heterocycles. The Morgan fingerprint density at radius 1 is 1.12 bits per heavy atom. The number of imide groups is 1. The topological polar surface area (TPSA) is 79.4 Å². The molecule has 1 saturated heterocycles. The Balaban J connectivity index is 1.17. The Kier molecular flexibility index (Phi) is 5.11. The van der Waals surface area contributed by atoms with E-state index in [1.807, 2.05) is 44.2 Å². The molecule has 6 nitrogen and oxygen atoms in total. The zero-order valence-electron chi connectivity index (χ0n) is 18.8. The monoisotopic (exact) mass is 489 g/mol. The van der Waals surface area contributed by atoms with Gasteiger partial charge >= 0.3 is 0 Å². The maximum absolute atomic E-state index is 13.1. The van der Waals surface area contributed by atoms with Crippen molar-refractivity contribution >= 4 is 62.4 Å². The number of anilines is 2. The van der Waals surface area contributed by atoms with Crippen molar-refractivity contribution in [2.45, 2.75) is 24.6 Å². The Morgan fingerprint density at radius 2 is 1.85 bits per heavy atom. The third-order valence-corrected chi connectivity index (χ3v) is 9.45. The number of rotatable bonds is 5. The smallest absolute Gasteiger partial charge is 0.238 e. The number of aromatic nitrogens is 1. The van der Waals surface area contributed by atoms with E-state index in [1.165, 1.54) is 28.0 Å². The van der Waals surface area contributed by atoms with Gasteiger partial charge in [-0.05, 0) is 67.5 Å². The van der Waals surface area contributed by atoms with Gasteiger partial charge in [0.1, 0.15) is 0 Å². The van der Waals surface area contributed by atoms with Crippen molar-refractivity contribution in [3.05, 3.63) is 59.7 Å². The van der Waals surface area contributed by atoms with Gasteiger partial charge in [-0.25, -0.2) is 9.88 Å². The average Bonchev–Trinajstić information content (AvgIpc) is 3.58. The van der Waals surface area contributed by atoms with E-state index in [2.05, 4.69) is 22.5 Å². The highest BCUT2D eigenvalue weighted by Gasteiger charge is 2.59. The summed E-state index contributed by atoms with van der Waals surface area (Å²) in [7, 11) is 0. The summed E-state index contributed by atoms with van der Waals surface area (Å²) in [5, 5.41) is 2.97. The molecule has 0 unspecified atom stereocenters. The van der Waals surface area contributed by atoms with E-state index in [4.69, 9.17) is 0 Å². The van der Waals surface area contributed by atoms with Crippen LogP contribution in [-0.2, 0) is 14.4 Å². The van der Waals surface area contributed by atoms with Crippen molar-refractivity contribution in [2.75, 3.05) is 16.0 Å². The lowest BCUT2D eigenvalue weighted by Gasteiger charge is -2.17. The molecule has 1 saturated carbocycles. The van der Waals surface area contributed by atoms with Crippen LogP contribution in [0.25, 0.3) is 10.2 Å². The molecule has 1 aromatic heterocycles. The molecule has 3 aromatic rings. The minimum atomic E-state index is -0.207. The third-order valence-electron chi connectivity index (χ3n) is 7.29. The summed E-state index contributed by atoms with van der Waals surface area (Å²) in [5.74, 6) is -0.00343. The molecule has 2 aromatic carbocycles. The number of benzene rings is 2. The van der Waals surface area contributed by atoms with E-state index < -0.39 is 0 Å². The zero-order chi connectivity index (χ0) is 23.6. The highest BCUT2D eigenvalue weighted by molar-refractivity contribution is 8.01. The van der Waals surface area contributed by atoms with Gasteiger partial charge in [-0.3, -0.25) is 14.4 Å². The fraction of sp³-hybridized carbons (Fsp3) is 0.308. The molecule has 1 N–H and O–H groups in total. The number of hydrogen-bond donors (Lipinski definition) is 1. The maximum Gasteiger partial charge on any atom is 0.238 e. The molecule has 2 fully saturated rings. The number of aryl methyl sites for hydroxylation is 1. The van der Waals surface area contributed by atoms with E-state index in [-0.39, 0.29) is 47.1 Å². The Hall–Kier alpha value is -2.97. The fourth-order valence-corrected chi connectivity index (χ4v) is 7.35. The summed E-state index contributed by atoms with van der Waals surface area (Å²) < 4.78 is 1.68. The second kappa shape index (κ2) is 8.06. The molecule has 172 valence electrons. The maximum atomic E-state index is 13.1. The molecule has 3 aliphatic rings. The fourth-order valence-electron chi connectivity index (χ4n) is 5.45. The first-order valence-electron chi connectivity index (χ1n) is 11.4. The normalized spacial score (nSPS) is 24.9. The largest absolute Gasteiger partial charge is 0.325 e. The minimum Gasteiger partial charge on any atom is -0.325 e. The Bertz CT molecular complexity index is 1370. The first-order valence-corrected chi connectivity index (χ1v) is 13.2. The van der Waals surface area contributed by atoms with Crippen molar-refractivity contribution in [3.8, 4) is 0 Å². The van der Waals surface area contributed by atoms with Gasteiger partial charge < -0.3 is 5.32 Å². The van der Waals surface area contributed by atoms with Gasteiger partial charge in [0.2, 0.25) is 17.7 Å². The zero-order valence-corrected chi connectivity index (χ0v) is 20.4. The standard InChI is InChI=1S/C26H23N3O3S2/c1-13-4-3-5-18(14(13)2)27-21(30)12-33-26-28-19-9-8-17(11-20(19)34-26)29-24(31)22-15-6-7-16(10-15)23(22)25(29)32/h3-9,11,15-16,22-23H,10,12H2,1-2H3,(H,27,30)/t15-,16+,22-,23+. The van der Waals surface area contributed by atoms with Crippen LogP contribution in [0.1, 0.15) is 17.5 Å². The molecule has 0 radical (unpaired) electrons. The number of nitrogens with zero attached hydrogens (tertiary/aromatic N) is 2. The highest BCUT2D eigenvalue weighted by Crippen LogP contribution is 2.53. The van der Waals surface area contributed by atoms with Gasteiger partial charge in [0, 0.05) is 5.69 Å². The molecular weight excluding hydrogens is 466 g/mol. The number of thioether (sulfide) groups is 1. The molecule has 4 atom stereocenters. The summed E-state index contributed by atoms with van der Waals surface area (Å²) in [5.41, 5.74) is 4.44. The lowest BCUT2D eigenvalue weighted by atomic mass is 9.85. The molecular formula is C26H23N3O3S2. The summed E-state index contributed by atoms with van der Waals surface area (Å²) >= 11 is 2.86. The van der Waals surface area contributed by atoms with Crippen LogP contribution in [0, 0.1) is 37.5 Å². The van der Waals surface area contributed by atoms with E-state index in [1.54, 1.807) is 6.07 Å². The first-order chi connectivity index (χ1) is 16.4. The first kappa shape index (κ1) is 21.6. The van der Waals surface area contributed by atoms with Crippen LogP contribution in [-0.4, -0.2) is 28.5 Å². The summed E-state index contributed by atoms with van der Waals surface area (Å²) in [6, 6.07) is 11.4. The predicted molar refractivity (Wildman–Crippen MR) is 135 cm³/mol. The van der Waals surface area contributed by atoms with E-state index >= 15 is 0 Å². The van der Waals surface area contributed by atoms with E-state index in [9.17, 15) is 14.4 Å². The van der Waals surface area contributed by atoms with Crippen LogP contribution in [0.5, 0.6) is 0 Å². The number of thiazole rings is 1. The lowest BCUT2D eigenvalue weighted by molar-refractivity contribution is -0.123. The van der Waals surface area contributed by atoms with Gasteiger partial charge in [-0.1, -0.05) is 36.0 Å². The number of carbonyl (C=O) groups excluding carboxylic acids is 3. The summed E-state index contributed by atoms with van der Waals surface area (Å²) in [4.78, 5) is 44.7. The van der Waals surface area contributed by atoms with Crippen molar-refractivity contribution < 1.29 is 14.4 Å². The minimum absolute atomic E-state index is 0.0755. The van der Waals surface area contributed by atoms with Crippen molar-refractivity contribution in [1.82, 2.24) is 4.98 Å². The van der Waals surface area contributed by atoms with Crippen LogP contribution >= 0.6 is 23.1 Å². The molecule has 6 rings (SSSR count). The molecule has 2 bridgehead atoms. The van der Waals surface area contributed by atoms with Gasteiger partial charge in [-0.2, -0.15) is 0 Å². The van der Waals surface area contributed by atoms with Crippen LogP contribution < -0.4 is 10.2 Å². The number of amides is 3. The molecule has 2 heterocycles. The molecule has 3 amide bonds. The average molecular weight is 490 g/mol.